The van der Waals surface area contributed by atoms with Crippen molar-refractivity contribution in [2.24, 2.45) is 5.16 Å². The Morgan fingerprint density at radius 1 is 1.14 bits per heavy atom. The van der Waals surface area contributed by atoms with Crippen molar-refractivity contribution in [2.45, 2.75) is 13.5 Å². The molecule has 2 aromatic rings. The summed E-state index contributed by atoms with van der Waals surface area (Å²) in [5.74, 6) is 1.35. The molecule has 114 valence electrons. The Hall–Kier alpha value is -2.75. The number of hydrogen-bond acceptors (Lipinski definition) is 4. The van der Waals surface area contributed by atoms with E-state index in [1.54, 1.807) is 20.1 Å². The minimum Gasteiger partial charge on any atom is -0.493 e. The van der Waals surface area contributed by atoms with Crippen LogP contribution in [0.4, 0.5) is 0 Å². The first kappa shape index (κ1) is 15.6. The monoisotopic (exact) mass is 297 g/mol. The third kappa shape index (κ3) is 4.38. The zero-order valence-corrected chi connectivity index (χ0v) is 12.7. The highest BCUT2D eigenvalue weighted by molar-refractivity contribution is 5.95. The number of oxime groups is 1. The van der Waals surface area contributed by atoms with E-state index in [2.05, 4.69) is 5.16 Å². The average molecular weight is 297 g/mol. The third-order valence-electron chi connectivity index (χ3n) is 3.10. The van der Waals surface area contributed by atoms with E-state index in [4.69, 9.17) is 14.7 Å². The zero-order valence-electron chi connectivity index (χ0n) is 12.7. The van der Waals surface area contributed by atoms with Gasteiger partial charge in [-0.2, -0.15) is 0 Å². The smallest absolute Gasteiger partial charge is 0.161 e. The lowest BCUT2D eigenvalue weighted by Crippen LogP contribution is -1.97. The van der Waals surface area contributed by atoms with E-state index < -0.39 is 0 Å². The molecule has 0 amide bonds. The third-order valence-corrected chi connectivity index (χ3v) is 3.10. The van der Waals surface area contributed by atoms with Gasteiger partial charge < -0.3 is 14.7 Å². The fraction of sp³-hybridized carbons (Fsp3) is 0.167. The molecular weight excluding hydrogens is 278 g/mol. The van der Waals surface area contributed by atoms with Gasteiger partial charge >= 0.3 is 0 Å². The van der Waals surface area contributed by atoms with Crippen molar-refractivity contribution >= 4 is 11.8 Å². The Morgan fingerprint density at radius 3 is 2.59 bits per heavy atom. The van der Waals surface area contributed by atoms with E-state index in [0.717, 1.165) is 11.1 Å². The first-order valence-electron chi connectivity index (χ1n) is 6.94. The first-order valence-corrected chi connectivity index (χ1v) is 6.94. The molecule has 1 N–H and O–H groups in total. The van der Waals surface area contributed by atoms with Gasteiger partial charge in [0, 0.05) is 0 Å². The van der Waals surface area contributed by atoms with Gasteiger partial charge in [0.1, 0.15) is 6.61 Å². The second kappa shape index (κ2) is 7.88. The summed E-state index contributed by atoms with van der Waals surface area (Å²) in [5.41, 5.74) is 2.57. The summed E-state index contributed by atoms with van der Waals surface area (Å²) >= 11 is 0. The zero-order chi connectivity index (χ0) is 15.8. The van der Waals surface area contributed by atoms with Crippen molar-refractivity contribution in [3.05, 3.63) is 65.7 Å². The number of nitrogens with zero attached hydrogens (tertiary/aromatic N) is 1. The molecule has 0 aliphatic rings. The van der Waals surface area contributed by atoms with Crippen LogP contribution in [-0.2, 0) is 6.61 Å². The van der Waals surface area contributed by atoms with Crippen LogP contribution in [0.2, 0.25) is 0 Å². The lowest BCUT2D eigenvalue weighted by Gasteiger charge is -2.11. The molecule has 4 nitrogen and oxygen atoms in total. The van der Waals surface area contributed by atoms with Crippen LogP contribution in [-0.4, -0.2) is 18.0 Å². The fourth-order valence-corrected chi connectivity index (χ4v) is 1.89. The van der Waals surface area contributed by atoms with Gasteiger partial charge in [0.25, 0.3) is 0 Å². The number of allylic oxidation sites excluding steroid dienone is 1. The van der Waals surface area contributed by atoms with E-state index in [-0.39, 0.29) is 0 Å². The van der Waals surface area contributed by atoms with Crippen LogP contribution in [0.25, 0.3) is 6.08 Å². The average Bonchev–Trinajstić information content (AvgIpc) is 2.58. The molecule has 0 radical (unpaired) electrons. The van der Waals surface area contributed by atoms with Crippen LogP contribution in [0.3, 0.4) is 0 Å². The lowest BCUT2D eigenvalue weighted by atomic mass is 10.1. The Kier molecular flexibility index (Phi) is 5.60. The maximum absolute atomic E-state index is 8.63. The summed E-state index contributed by atoms with van der Waals surface area (Å²) in [6.07, 6.45) is 3.57. The minimum absolute atomic E-state index is 0.489. The normalized spacial score (nSPS) is 11.6. The van der Waals surface area contributed by atoms with E-state index in [0.29, 0.717) is 23.8 Å². The second-order valence-electron chi connectivity index (χ2n) is 4.76. The van der Waals surface area contributed by atoms with Gasteiger partial charge in [0.15, 0.2) is 11.5 Å². The molecule has 0 aliphatic carbocycles. The highest BCUT2D eigenvalue weighted by atomic mass is 16.5. The molecule has 0 aromatic heterocycles. The topological polar surface area (TPSA) is 51.0 Å². The highest BCUT2D eigenvalue weighted by Crippen LogP contribution is 2.29. The molecular formula is C18H19NO3. The molecule has 0 aliphatic heterocycles. The minimum atomic E-state index is 0.489. The molecule has 2 rings (SSSR count). The van der Waals surface area contributed by atoms with E-state index in [9.17, 15) is 0 Å². The van der Waals surface area contributed by atoms with Crippen molar-refractivity contribution in [1.82, 2.24) is 0 Å². The number of ether oxygens (including phenoxy) is 2. The van der Waals surface area contributed by atoms with Gasteiger partial charge in [0.05, 0.1) is 12.8 Å². The van der Waals surface area contributed by atoms with Gasteiger partial charge in [-0.15, -0.1) is 0 Å². The van der Waals surface area contributed by atoms with Crippen LogP contribution < -0.4 is 9.47 Å². The summed E-state index contributed by atoms with van der Waals surface area (Å²) in [6.45, 7) is 2.20. The summed E-state index contributed by atoms with van der Waals surface area (Å²) in [4.78, 5) is 0. The number of rotatable bonds is 6. The maximum Gasteiger partial charge on any atom is 0.161 e. The molecule has 0 heterocycles. The quantitative estimate of drug-likeness (QED) is 0.495. The fourth-order valence-electron chi connectivity index (χ4n) is 1.89. The second-order valence-corrected chi connectivity index (χ2v) is 4.76. The predicted molar refractivity (Wildman–Crippen MR) is 87.7 cm³/mol. The standard InChI is InChI=1S/C18H19NO3/c1-14(19-20)8-9-15-10-11-17(18(12-15)21-2)22-13-16-6-4-3-5-7-16/h3-12,20H,13H2,1-2H3/b9-8+,19-14-. The summed E-state index contributed by atoms with van der Waals surface area (Å²) in [6, 6.07) is 15.6. The van der Waals surface area contributed by atoms with Crippen LogP contribution in [0, 0.1) is 0 Å². The van der Waals surface area contributed by atoms with Crippen molar-refractivity contribution in [3.8, 4) is 11.5 Å². The number of hydrogen-bond donors (Lipinski definition) is 1. The van der Waals surface area contributed by atoms with E-state index in [1.807, 2.05) is 54.6 Å². The predicted octanol–water partition coefficient (Wildman–Crippen LogP) is 4.14. The molecule has 0 saturated carbocycles. The SMILES string of the molecule is COc1cc(/C=C/C(C)=N\O)ccc1OCc1ccccc1. The van der Waals surface area contributed by atoms with Crippen LogP contribution in [0.5, 0.6) is 11.5 Å². The molecule has 2 aromatic carbocycles. The molecule has 22 heavy (non-hydrogen) atoms. The van der Waals surface area contributed by atoms with Crippen molar-refractivity contribution < 1.29 is 14.7 Å². The van der Waals surface area contributed by atoms with Crippen LogP contribution in [0.1, 0.15) is 18.1 Å². The van der Waals surface area contributed by atoms with Crippen molar-refractivity contribution in [1.29, 1.82) is 0 Å². The van der Waals surface area contributed by atoms with Crippen LogP contribution >= 0.6 is 0 Å². The Balaban J connectivity index is 2.10. The van der Waals surface area contributed by atoms with Crippen molar-refractivity contribution in [3.63, 3.8) is 0 Å². The van der Waals surface area contributed by atoms with Gasteiger partial charge in [-0.1, -0.05) is 47.6 Å². The van der Waals surface area contributed by atoms with Gasteiger partial charge in [-0.3, -0.25) is 0 Å². The van der Waals surface area contributed by atoms with Gasteiger partial charge in [-0.05, 0) is 36.3 Å². The van der Waals surface area contributed by atoms with Gasteiger partial charge in [0.2, 0.25) is 0 Å². The number of methoxy groups -OCH3 is 1. The summed E-state index contributed by atoms with van der Waals surface area (Å²) in [7, 11) is 1.61. The lowest BCUT2D eigenvalue weighted by molar-refractivity contribution is 0.284. The van der Waals surface area contributed by atoms with Crippen molar-refractivity contribution in [2.75, 3.05) is 7.11 Å². The molecule has 0 saturated heterocycles. The van der Waals surface area contributed by atoms with Gasteiger partial charge in [-0.25, -0.2) is 0 Å². The molecule has 0 unspecified atom stereocenters. The summed E-state index contributed by atoms with van der Waals surface area (Å²) in [5, 5.41) is 11.7. The summed E-state index contributed by atoms with van der Waals surface area (Å²) < 4.78 is 11.2. The molecule has 0 atom stereocenters. The van der Waals surface area contributed by atoms with E-state index in [1.165, 1.54) is 0 Å². The molecule has 4 heteroatoms. The Labute approximate surface area is 130 Å². The maximum atomic E-state index is 8.63. The molecule has 0 fully saturated rings. The first-order chi connectivity index (χ1) is 10.7. The molecule has 0 bridgehead atoms. The van der Waals surface area contributed by atoms with E-state index >= 15 is 0 Å². The molecule has 0 spiro atoms. The van der Waals surface area contributed by atoms with Crippen LogP contribution in [0.15, 0.2) is 59.8 Å². The Morgan fingerprint density at radius 2 is 1.91 bits per heavy atom. The Bertz CT molecular complexity index is 663. The highest BCUT2D eigenvalue weighted by Gasteiger charge is 2.05. The number of benzene rings is 2. The largest absolute Gasteiger partial charge is 0.493 e.